The molecule has 0 aliphatic heterocycles. The van der Waals surface area contributed by atoms with Gasteiger partial charge in [-0.3, -0.25) is 4.79 Å². The summed E-state index contributed by atoms with van der Waals surface area (Å²) in [5.41, 5.74) is 10.3. The van der Waals surface area contributed by atoms with E-state index in [1.165, 1.54) is 16.9 Å². The number of thiophene rings is 1. The number of aromatic nitrogens is 2. The summed E-state index contributed by atoms with van der Waals surface area (Å²) in [6, 6.07) is 10.4. The lowest BCUT2D eigenvalue weighted by molar-refractivity contribution is 0.399. The molecule has 0 saturated heterocycles. The normalized spacial score (nSPS) is 12.6. The number of nitrogens with zero attached hydrogens (tertiary/aromatic N) is 1. The number of rotatable bonds is 4. The van der Waals surface area contributed by atoms with E-state index < -0.39 is 0 Å². The van der Waals surface area contributed by atoms with Gasteiger partial charge in [-0.1, -0.05) is 31.2 Å². The van der Waals surface area contributed by atoms with E-state index in [0.717, 1.165) is 42.7 Å². The molecule has 0 spiro atoms. The number of nitrogens with one attached hydrogen (secondary N) is 1. The number of H-pyrrole nitrogens is 1. The molecule has 0 saturated carbocycles. The highest BCUT2D eigenvalue weighted by molar-refractivity contribution is 7.19. The van der Waals surface area contributed by atoms with Crippen LogP contribution in [0, 0.1) is 13.8 Å². The van der Waals surface area contributed by atoms with Gasteiger partial charge in [0.05, 0.1) is 23.9 Å². The zero-order valence-corrected chi connectivity index (χ0v) is 17.2. The molecule has 144 valence electrons. The standard InChI is InChI=1S/C22H23N3O2S/c1-11(10-23)14-5-7-15(8-6-14)17-18-16-9-12(2)28-20(16)21(26)25-19(18)13(3)24-22(17)27-4/h5-9,11H,10,23H2,1-4H3,(H,25,26). The summed E-state index contributed by atoms with van der Waals surface area (Å²) in [7, 11) is 1.63. The molecule has 0 aliphatic rings. The Kier molecular flexibility index (Phi) is 4.69. The summed E-state index contributed by atoms with van der Waals surface area (Å²) in [6.07, 6.45) is 0. The second-order valence-electron chi connectivity index (χ2n) is 7.14. The van der Waals surface area contributed by atoms with Crippen LogP contribution in [0.4, 0.5) is 0 Å². The Hall–Kier alpha value is -2.70. The molecule has 1 aromatic carbocycles. The number of hydrogen-bond acceptors (Lipinski definition) is 5. The molecule has 0 fully saturated rings. The summed E-state index contributed by atoms with van der Waals surface area (Å²) >= 11 is 1.51. The molecule has 4 rings (SSSR count). The summed E-state index contributed by atoms with van der Waals surface area (Å²) in [4.78, 5) is 21.3. The van der Waals surface area contributed by atoms with Crippen LogP contribution in [-0.2, 0) is 0 Å². The average molecular weight is 394 g/mol. The maximum absolute atomic E-state index is 12.6. The second-order valence-corrected chi connectivity index (χ2v) is 8.40. The Bertz CT molecular complexity index is 1240. The highest BCUT2D eigenvalue weighted by Gasteiger charge is 2.20. The number of pyridine rings is 2. The van der Waals surface area contributed by atoms with Crippen molar-refractivity contribution in [3.8, 4) is 17.0 Å². The highest BCUT2D eigenvalue weighted by Crippen LogP contribution is 2.40. The molecular formula is C22H23N3O2S. The Morgan fingerprint density at radius 1 is 1.25 bits per heavy atom. The molecule has 5 nitrogen and oxygen atoms in total. The van der Waals surface area contributed by atoms with Gasteiger partial charge in [-0.25, -0.2) is 4.98 Å². The van der Waals surface area contributed by atoms with Gasteiger partial charge < -0.3 is 15.5 Å². The fourth-order valence-corrected chi connectivity index (χ4v) is 4.58. The van der Waals surface area contributed by atoms with E-state index in [-0.39, 0.29) is 5.56 Å². The van der Waals surface area contributed by atoms with E-state index in [2.05, 4.69) is 47.2 Å². The molecule has 1 atom stereocenters. The van der Waals surface area contributed by atoms with Crippen molar-refractivity contribution in [2.75, 3.05) is 13.7 Å². The van der Waals surface area contributed by atoms with E-state index in [1.807, 2.05) is 13.8 Å². The van der Waals surface area contributed by atoms with Crippen molar-refractivity contribution in [3.63, 3.8) is 0 Å². The van der Waals surface area contributed by atoms with Gasteiger partial charge >= 0.3 is 0 Å². The van der Waals surface area contributed by atoms with Crippen LogP contribution in [0.2, 0.25) is 0 Å². The summed E-state index contributed by atoms with van der Waals surface area (Å²) in [5.74, 6) is 0.855. The number of methoxy groups -OCH3 is 1. The Labute approximate surface area is 167 Å². The van der Waals surface area contributed by atoms with E-state index >= 15 is 0 Å². The van der Waals surface area contributed by atoms with Gasteiger partial charge in [0.1, 0.15) is 4.70 Å². The Balaban J connectivity index is 2.11. The number of benzene rings is 1. The van der Waals surface area contributed by atoms with Gasteiger partial charge in [0, 0.05) is 15.6 Å². The third kappa shape index (κ3) is 2.89. The summed E-state index contributed by atoms with van der Waals surface area (Å²) in [6.45, 7) is 6.63. The van der Waals surface area contributed by atoms with Gasteiger partial charge in [0.15, 0.2) is 0 Å². The van der Waals surface area contributed by atoms with Gasteiger partial charge in [-0.15, -0.1) is 11.3 Å². The third-order valence-corrected chi connectivity index (χ3v) is 6.28. The van der Waals surface area contributed by atoms with Crippen molar-refractivity contribution in [3.05, 3.63) is 56.8 Å². The van der Waals surface area contributed by atoms with Gasteiger partial charge in [0.25, 0.3) is 5.56 Å². The number of aryl methyl sites for hydroxylation is 2. The molecule has 4 aromatic rings. The van der Waals surface area contributed by atoms with E-state index in [1.54, 1.807) is 7.11 Å². The molecule has 0 amide bonds. The van der Waals surface area contributed by atoms with Gasteiger partial charge in [0.2, 0.25) is 5.88 Å². The van der Waals surface area contributed by atoms with E-state index in [0.29, 0.717) is 18.3 Å². The van der Waals surface area contributed by atoms with Crippen LogP contribution in [0.15, 0.2) is 35.1 Å². The number of fused-ring (bicyclic) bond motifs is 3. The monoisotopic (exact) mass is 393 g/mol. The maximum Gasteiger partial charge on any atom is 0.266 e. The lowest BCUT2D eigenvalue weighted by Gasteiger charge is -2.15. The maximum atomic E-state index is 12.6. The second kappa shape index (κ2) is 7.04. The minimum Gasteiger partial charge on any atom is -0.481 e. The number of nitrogens with two attached hydrogens (primary N) is 1. The zero-order chi connectivity index (χ0) is 20.0. The predicted octanol–water partition coefficient (Wildman–Crippen LogP) is 4.49. The number of hydrogen-bond donors (Lipinski definition) is 2. The fourth-order valence-electron chi connectivity index (χ4n) is 3.67. The van der Waals surface area contributed by atoms with Crippen LogP contribution < -0.4 is 16.0 Å². The Morgan fingerprint density at radius 2 is 1.96 bits per heavy atom. The number of ether oxygens (including phenoxy) is 1. The lowest BCUT2D eigenvalue weighted by atomic mass is 9.95. The van der Waals surface area contributed by atoms with Crippen molar-refractivity contribution < 1.29 is 4.74 Å². The minimum absolute atomic E-state index is 0.0752. The topological polar surface area (TPSA) is 81.0 Å². The third-order valence-electron chi connectivity index (χ3n) is 5.23. The quantitative estimate of drug-likeness (QED) is 0.535. The first-order chi connectivity index (χ1) is 13.4. The largest absolute Gasteiger partial charge is 0.481 e. The van der Waals surface area contributed by atoms with Crippen LogP contribution in [0.25, 0.3) is 32.1 Å². The first kappa shape index (κ1) is 18.7. The molecule has 3 aromatic heterocycles. The Morgan fingerprint density at radius 3 is 2.61 bits per heavy atom. The summed E-state index contributed by atoms with van der Waals surface area (Å²) < 4.78 is 6.38. The lowest BCUT2D eigenvalue weighted by Crippen LogP contribution is -2.09. The van der Waals surface area contributed by atoms with Crippen LogP contribution >= 0.6 is 11.3 Å². The van der Waals surface area contributed by atoms with Gasteiger partial charge in [-0.05, 0) is 43.5 Å². The van der Waals surface area contributed by atoms with Crippen molar-refractivity contribution >= 4 is 32.3 Å². The van der Waals surface area contributed by atoms with Crippen molar-refractivity contribution in [2.24, 2.45) is 5.73 Å². The molecule has 1 unspecified atom stereocenters. The zero-order valence-electron chi connectivity index (χ0n) is 16.4. The molecule has 0 radical (unpaired) electrons. The van der Waals surface area contributed by atoms with E-state index in [4.69, 9.17) is 10.5 Å². The average Bonchev–Trinajstić information content (AvgIpc) is 3.10. The first-order valence-electron chi connectivity index (χ1n) is 9.25. The van der Waals surface area contributed by atoms with Crippen LogP contribution in [-0.4, -0.2) is 23.6 Å². The molecule has 3 heterocycles. The SMILES string of the molecule is COc1nc(C)c2[nH]c(=O)c3sc(C)cc3c2c1-c1ccc(C(C)CN)cc1. The van der Waals surface area contributed by atoms with Crippen molar-refractivity contribution in [1.29, 1.82) is 0 Å². The summed E-state index contributed by atoms with van der Waals surface area (Å²) in [5, 5.41) is 1.92. The highest BCUT2D eigenvalue weighted by atomic mass is 32.1. The van der Waals surface area contributed by atoms with Crippen LogP contribution in [0.5, 0.6) is 5.88 Å². The van der Waals surface area contributed by atoms with E-state index in [9.17, 15) is 4.79 Å². The van der Waals surface area contributed by atoms with Crippen LogP contribution in [0.1, 0.15) is 29.0 Å². The van der Waals surface area contributed by atoms with Crippen molar-refractivity contribution in [2.45, 2.75) is 26.7 Å². The molecule has 28 heavy (non-hydrogen) atoms. The number of aromatic amines is 1. The molecule has 0 bridgehead atoms. The van der Waals surface area contributed by atoms with Gasteiger partial charge in [-0.2, -0.15) is 0 Å². The molecular weight excluding hydrogens is 370 g/mol. The minimum atomic E-state index is -0.0752. The first-order valence-corrected chi connectivity index (χ1v) is 10.1. The van der Waals surface area contributed by atoms with Crippen LogP contribution in [0.3, 0.4) is 0 Å². The van der Waals surface area contributed by atoms with Crippen molar-refractivity contribution in [1.82, 2.24) is 9.97 Å². The molecule has 6 heteroatoms. The fraction of sp³-hybridized carbons (Fsp3) is 0.273. The molecule has 0 aliphatic carbocycles. The smallest absolute Gasteiger partial charge is 0.266 e. The molecule has 3 N–H and O–H groups in total. The predicted molar refractivity (Wildman–Crippen MR) is 117 cm³/mol.